The Kier molecular flexibility index (Phi) is 7.66. The van der Waals surface area contributed by atoms with Crippen molar-refractivity contribution in [3.63, 3.8) is 0 Å². The first kappa shape index (κ1) is 20.9. The molecule has 1 aromatic rings. The highest BCUT2D eigenvalue weighted by Gasteiger charge is 2.32. The Balaban J connectivity index is 0.00000288. The van der Waals surface area contributed by atoms with Gasteiger partial charge in [-0.25, -0.2) is 13.6 Å². The molecule has 1 amide bonds. The van der Waals surface area contributed by atoms with Crippen LogP contribution in [0.4, 0.5) is 0 Å². The van der Waals surface area contributed by atoms with E-state index in [2.05, 4.69) is 5.32 Å². The van der Waals surface area contributed by atoms with Crippen LogP contribution in [0.15, 0.2) is 29.2 Å². The van der Waals surface area contributed by atoms with Crippen LogP contribution in [-0.4, -0.2) is 20.9 Å². The van der Waals surface area contributed by atoms with Crippen molar-refractivity contribution < 1.29 is 13.2 Å². The van der Waals surface area contributed by atoms with Gasteiger partial charge in [-0.05, 0) is 42.5 Å². The molecular formula is C16H26ClN3O3S. The minimum absolute atomic E-state index is 0. The molecule has 0 aromatic heterocycles. The number of amides is 1. The van der Waals surface area contributed by atoms with Crippen LogP contribution in [0.25, 0.3) is 0 Å². The summed E-state index contributed by atoms with van der Waals surface area (Å²) >= 11 is 0. The van der Waals surface area contributed by atoms with Gasteiger partial charge in [-0.2, -0.15) is 0 Å². The lowest BCUT2D eigenvalue weighted by atomic mass is 9.71. The number of hydrogen-bond acceptors (Lipinski definition) is 4. The van der Waals surface area contributed by atoms with Crippen LogP contribution < -0.4 is 16.2 Å². The molecule has 8 heteroatoms. The van der Waals surface area contributed by atoms with Gasteiger partial charge in [0.05, 0.1) is 4.90 Å². The first-order chi connectivity index (χ1) is 10.8. The van der Waals surface area contributed by atoms with Crippen LogP contribution in [-0.2, 0) is 21.4 Å². The van der Waals surface area contributed by atoms with Crippen molar-refractivity contribution in [2.24, 2.45) is 16.3 Å². The van der Waals surface area contributed by atoms with E-state index < -0.39 is 10.0 Å². The molecule has 5 N–H and O–H groups in total. The first-order valence-electron chi connectivity index (χ1n) is 7.93. The highest BCUT2D eigenvalue weighted by molar-refractivity contribution is 7.89. The van der Waals surface area contributed by atoms with Crippen LogP contribution >= 0.6 is 12.4 Å². The molecule has 1 aliphatic carbocycles. The van der Waals surface area contributed by atoms with E-state index in [0.29, 0.717) is 18.5 Å². The van der Waals surface area contributed by atoms with E-state index in [1.54, 1.807) is 12.1 Å². The van der Waals surface area contributed by atoms with Crippen molar-refractivity contribution in [1.29, 1.82) is 0 Å². The normalized spacial score (nSPS) is 16.9. The lowest BCUT2D eigenvalue weighted by Crippen LogP contribution is -2.38. The second kappa shape index (κ2) is 8.80. The summed E-state index contributed by atoms with van der Waals surface area (Å²) in [4.78, 5) is 12.3. The van der Waals surface area contributed by atoms with Crippen molar-refractivity contribution in [3.8, 4) is 0 Å². The first-order valence-corrected chi connectivity index (χ1v) is 9.48. The average molecular weight is 376 g/mol. The fourth-order valence-electron chi connectivity index (χ4n) is 3.19. The number of nitrogens with two attached hydrogens (primary N) is 2. The smallest absolute Gasteiger partial charge is 0.238 e. The number of sulfonamides is 1. The van der Waals surface area contributed by atoms with Gasteiger partial charge in [0, 0.05) is 13.0 Å². The van der Waals surface area contributed by atoms with E-state index in [1.165, 1.54) is 18.6 Å². The van der Waals surface area contributed by atoms with Crippen molar-refractivity contribution in [3.05, 3.63) is 29.8 Å². The van der Waals surface area contributed by atoms with Gasteiger partial charge >= 0.3 is 0 Å². The fraction of sp³-hybridized carbons (Fsp3) is 0.562. The third-order valence-electron chi connectivity index (χ3n) is 4.60. The van der Waals surface area contributed by atoms with E-state index in [1.807, 2.05) is 0 Å². The van der Waals surface area contributed by atoms with Crippen molar-refractivity contribution in [2.75, 3.05) is 6.54 Å². The molecular weight excluding hydrogens is 350 g/mol. The Labute approximate surface area is 149 Å². The summed E-state index contributed by atoms with van der Waals surface area (Å²) in [6.07, 6.45) is 5.89. The number of primary sulfonamides is 1. The molecule has 0 aliphatic heterocycles. The maximum Gasteiger partial charge on any atom is 0.238 e. The summed E-state index contributed by atoms with van der Waals surface area (Å²) in [5.41, 5.74) is 6.53. The van der Waals surface area contributed by atoms with Gasteiger partial charge in [0.15, 0.2) is 0 Å². The molecule has 24 heavy (non-hydrogen) atoms. The van der Waals surface area contributed by atoms with Gasteiger partial charge in [-0.1, -0.05) is 31.4 Å². The Morgan fingerprint density at radius 2 is 1.88 bits per heavy atom. The lowest BCUT2D eigenvalue weighted by Gasteiger charge is -2.35. The van der Waals surface area contributed by atoms with Crippen LogP contribution in [0, 0.1) is 5.41 Å². The quantitative estimate of drug-likeness (QED) is 0.701. The van der Waals surface area contributed by atoms with E-state index >= 15 is 0 Å². The molecule has 0 radical (unpaired) electrons. The van der Waals surface area contributed by atoms with Gasteiger partial charge in [0.2, 0.25) is 15.9 Å². The summed E-state index contributed by atoms with van der Waals surface area (Å²) in [7, 11) is -3.73. The zero-order valence-corrected chi connectivity index (χ0v) is 15.3. The number of nitrogens with one attached hydrogen (secondary N) is 1. The van der Waals surface area contributed by atoms with Gasteiger partial charge in [0.25, 0.3) is 0 Å². The zero-order valence-electron chi connectivity index (χ0n) is 13.7. The minimum atomic E-state index is -3.73. The molecule has 1 aliphatic rings. The molecule has 2 rings (SSSR count). The minimum Gasteiger partial charge on any atom is -0.352 e. The number of benzene rings is 1. The van der Waals surface area contributed by atoms with E-state index in [4.69, 9.17) is 10.9 Å². The predicted molar refractivity (Wildman–Crippen MR) is 96.1 cm³/mol. The van der Waals surface area contributed by atoms with E-state index in [-0.39, 0.29) is 35.2 Å². The molecule has 0 spiro atoms. The maximum absolute atomic E-state index is 12.2. The highest BCUT2D eigenvalue weighted by atomic mass is 35.5. The molecule has 0 bridgehead atoms. The summed E-state index contributed by atoms with van der Waals surface area (Å²) in [5.74, 6) is -0.0432. The maximum atomic E-state index is 12.2. The zero-order chi connectivity index (χ0) is 16.9. The van der Waals surface area contributed by atoms with E-state index in [9.17, 15) is 13.2 Å². The van der Waals surface area contributed by atoms with Gasteiger partial charge in [-0.3, -0.25) is 4.79 Å². The number of halogens is 1. The van der Waals surface area contributed by atoms with Crippen LogP contribution in [0.2, 0.25) is 0 Å². The molecule has 1 saturated carbocycles. The Hall–Kier alpha value is -1.15. The Bertz CT molecular complexity index is 658. The number of rotatable bonds is 6. The van der Waals surface area contributed by atoms with Gasteiger partial charge in [-0.15, -0.1) is 12.4 Å². The van der Waals surface area contributed by atoms with Crippen LogP contribution in [0.1, 0.15) is 44.1 Å². The molecule has 0 saturated heterocycles. The van der Waals surface area contributed by atoms with Crippen LogP contribution in [0.5, 0.6) is 0 Å². The monoisotopic (exact) mass is 375 g/mol. The van der Waals surface area contributed by atoms with Gasteiger partial charge < -0.3 is 11.1 Å². The molecule has 1 aromatic carbocycles. The molecule has 6 nitrogen and oxygen atoms in total. The topological polar surface area (TPSA) is 115 Å². The standard InChI is InChI=1S/C16H25N3O3S.ClH/c17-12-16(7-2-1-3-8-16)10-15(20)19-11-13-5-4-6-14(9-13)23(18,21)22;/h4-6,9H,1-3,7-8,10-12,17H2,(H,19,20)(H2,18,21,22);1H. The second-order valence-corrected chi connectivity index (χ2v) is 7.97. The SMILES string of the molecule is Cl.NCC1(CC(=O)NCc2cccc(S(N)(=O)=O)c2)CCCCC1. The largest absolute Gasteiger partial charge is 0.352 e. The molecule has 1 fully saturated rings. The summed E-state index contributed by atoms with van der Waals surface area (Å²) in [5, 5.41) is 7.97. The molecule has 0 heterocycles. The van der Waals surface area contributed by atoms with E-state index in [0.717, 1.165) is 25.7 Å². The summed E-state index contributed by atoms with van der Waals surface area (Å²) < 4.78 is 22.7. The van der Waals surface area contributed by atoms with Crippen LogP contribution in [0.3, 0.4) is 0 Å². The summed E-state index contributed by atoms with van der Waals surface area (Å²) in [6.45, 7) is 0.810. The van der Waals surface area contributed by atoms with Crippen molar-refractivity contribution in [2.45, 2.75) is 50.0 Å². The third kappa shape index (κ3) is 5.73. The molecule has 0 atom stereocenters. The lowest BCUT2D eigenvalue weighted by molar-refractivity contribution is -0.124. The average Bonchev–Trinajstić information content (AvgIpc) is 2.53. The van der Waals surface area contributed by atoms with Gasteiger partial charge in [0.1, 0.15) is 0 Å². The number of carbonyl (C=O) groups is 1. The number of carbonyl (C=O) groups excluding carboxylic acids is 1. The predicted octanol–water partition coefficient (Wildman–Crippen LogP) is 1.67. The molecule has 0 unspecified atom stereocenters. The van der Waals surface area contributed by atoms with Crippen molar-refractivity contribution in [1.82, 2.24) is 5.32 Å². The Morgan fingerprint density at radius 1 is 1.21 bits per heavy atom. The second-order valence-electron chi connectivity index (χ2n) is 6.41. The Morgan fingerprint density at radius 3 is 2.46 bits per heavy atom. The molecule has 136 valence electrons. The summed E-state index contributed by atoms with van der Waals surface area (Å²) in [6, 6.07) is 6.29. The third-order valence-corrected chi connectivity index (χ3v) is 5.51. The van der Waals surface area contributed by atoms with Crippen molar-refractivity contribution >= 4 is 28.3 Å². The fourth-order valence-corrected chi connectivity index (χ4v) is 3.77. The number of hydrogen-bond donors (Lipinski definition) is 3. The highest BCUT2D eigenvalue weighted by Crippen LogP contribution is 2.38.